The molecule has 1 unspecified atom stereocenters. The van der Waals surface area contributed by atoms with Gasteiger partial charge in [-0.15, -0.1) is 11.3 Å². The van der Waals surface area contributed by atoms with Crippen molar-refractivity contribution < 1.29 is 14.3 Å². The highest BCUT2D eigenvalue weighted by Gasteiger charge is 2.45. The molecule has 1 saturated carbocycles. The van der Waals surface area contributed by atoms with Crippen LogP contribution in [0.25, 0.3) is 0 Å². The third-order valence-electron chi connectivity index (χ3n) is 4.92. The molecule has 2 aromatic rings. The Labute approximate surface area is 166 Å². The van der Waals surface area contributed by atoms with Crippen molar-refractivity contribution in [3.8, 4) is 6.07 Å². The van der Waals surface area contributed by atoms with Crippen LogP contribution < -0.4 is 5.32 Å². The summed E-state index contributed by atoms with van der Waals surface area (Å²) in [7, 11) is 0. The van der Waals surface area contributed by atoms with Gasteiger partial charge >= 0.3 is 5.97 Å². The quantitative estimate of drug-likeness (QED) is 0.738. The van der Waals surface area contributed by atoms with Crippen LogP contribution in [0.4, 0.5) is 5.00 Å². The third kappa shape index (κ3) is 4.00. The highest BCUT2D eigenvalue weighted by Crippen LogP contribution is 2.42. The van der Waals surface area contributed by atoms with Gasteiger partial charge in [0.05, 0.1) is 11.0 Å². The van der Waals surface area contributed by atoms with E-state index in [0.717, 1.165) is 18.4 Å². The van der Waals surface area contributed by atoms with Crippen molar-refractivity contribution in [2.24, 2.45) is 0 Å². The number of ether oxygens (including phenoxy) is 1. The summed E-state index contributed by atoms with van der Waals surface area (Å²) < 4.78 is 5.54. The smallest absolute Gasteiger partial charge is 0.317 e. The molecule has 0 spiro atoms. The second-order valence-corrected chi connectivity index (χ2v) is 7.96. The Bertz CT molecular complexity index is 879. The summed E-state index contributed by atoms with van der Waals surface area (Å²) in [6, 6.07) is 10.9. The van der Waals surface area contributed by atoms with Crippen LogP contribution in [0.3, 0.4) is 0 Å². The summed E-state index contributed by atoms with van der Waals surface area (Å²) in [6.45, 7) is 1.54. The van der Waals surface area contributed by atoms with E-state index in [4.69, 9.17) is 21.6 Å². The van der Waals surface area contributed by atoms with Gasteiger partial charge in [-0.3, -0.25) is 9.59 Å². The van der Waals surface area contributed by atoms with Gasteiger partial charge in [0.25, 0.3) is 5.91 Å². The molecule has 1 fully saturated rings. The number of hydrogen-bond donors (Lipinski definition) is 1. The molecule has 1 aliphatic carbocycles. The average Bonchev–Trinajstić information content (AvgIpc) is 3.32. The van der Waals surface area contributed by atoms with Crippen molar-refractivity contribution in [2.75, 3.05) is 5.32 Å². The van der Waals surface area contributed by atoms with E-state index in [1.54, 1.807) is 23.6 Å². The summed E-state index contributed by atoms with van der Waals surface area (Å²) in [5.41, 5.74) is 0.521. The highest BCUT2D eigenvalue weighted by atomic mass is 35.5. The number of halogens is 1. The molecule has 1 N–H and O–H groups in total. The van der Waals surface area contributed by atoms with E-state index in [0.29, 0.717) is 28.4 Å². The zero-order chi connectivity index (χ0) is 19.4. The van der Waals surface area contributed by atoms with Gasteiger partial charge in [0.2, 0.25) is 0 Å². The van der Waals surface area contributed by atoms with Gasteiger partial charge in [-0.1, -0.05) is 36.6 Å². The third-order valence-corrected chi connectivity index (χ3v) is 6.00. The lowest BCUT2D eigenvalue weighted by molar-refractivity contribution is -0.159. The number of rotatable bonds is 5. The van der Waals surface area contributed by atoms with Crippen LogP contribution >= 0.6 is 22.9 Å². The van der Waals surface area contributed by atoms with Crippen LogP contribution in [0.2, 0.25) is 5.02 Å². The van der Waals surface area contributed by atoms with E-state index in [1.165, 1.54) is 18.3 Å². The number of thiophene rings is 1. The van der Waals surface area contributed by atoms with Crippen LogP contribution in [0, 0.1) is 11.3 Å². The molecule has 0 saturated heterocycles. The fourth-order valence-electron chi connectivity index (χ4n) is 3.39. The van der Waals surface area contributed by atoms with Crippen molar-refractivity contribution in [1.29, 1.82) is 5.26 Å². The van der Waals surface area contributed by atoms with Crippen LogP contribution in [0.1, 0.15) is 43.7 Å². The first-order chi connectivity index (χ1) is 13.0. The summed E-state index contributed by atoms with van der Waals surface area (Å²) in [4.78, 5) is 25.4. The summed E-state index contributed by atoms with van der Waals surface area (Å²) in [6.07, 6.45) is 2.27. The molecular weight excluding hydrogens is 384 g/mol. The maximum absolute atomic E-state index is 13.0. The molecule has 1 aromatic heterocycles. The number of carbonyl (C=O) groups is 2. The Morgan fingerprint density at radius 3 is 2.56 bits per heavy atom. The van der Waals surface area contributed by atoms with E-state index in [1.807, 2.05) is 18.2 Å². The lowest BCUT2D eigenvalue weighted by Crippen LogP contribution is -2.39. The molecule has 3 rings (SSSR count). The van der Waals surface area contributed by atoms with Gasteiger partial charge in [0.1, 0.15) is 11.1 Å². The number of carbonyl (C=O) groups excluding carboxylic acids is 2. The first-order valence-electron chi connectivity index (χ1n) is 8.72. The Hall–Kier alpha value is -2.36. The lowest BCUT2D eigenvalue weighted by atomic mass is 9.79. The number of hydrogen-bond acceptors (Lipinski definition) is 5. The van der Waals surface area contributed by atoms with Crippen LogP contribution in [-0.2, 0) is 19.7 Å². The molecule has 5 nitrogen and oxygen atoms in total. The van der Waals surface area contributed by atoms with Crippen molar-refractivity contribution in [3.05, 3.63) is 51.9 Å². The molecule has 1 heterocycles. The molecule has 27 heavy (non-hydrogen) atoms. The number of anilines is 1. The normalized spacial score (nSPS) is 16.3. The minimum Gasteiger partial charge on any atom is -0.452 e. The monoisotopic (exact) mass is 402 g/mol. The molecule has 140 valence electrons. The topological polar surface area (TPSA) is 79.2 Å². The van der Waals surface area contributed by atoms with E-state index < -0.39 is 23.4 Å². The summed E-state index contributed by atoms with van der Waals surface area (Å²) >= 11 is 7.22. The molecule has 1 amide bonds. The van der Waals surface area contributed by atoms with Crippen molar-refractivity contribution in [1.82, 2.24) is 0 Å². The molecule has 7 heteroatoms. The Kier molecular flexibility index (Phi) is 5.83. The van der Waals surface area contributed by atoms with Gasteiger partial charge in [0, 0.05) is 5.02 Å². The van der Waals surface area contributed by atoms with Crippen molar-refractivity contribution in [2.45, 2.75) is 44.1 Å². The van der Waals surface area contributed by atoms with E-state index in [2.05, 4.69) is 5.32 Å². The predicted octanol–water partition coefficient (Wildman–Crippen LogP) is 4.66. The summed E-state index contributed by atoms with van der Waals surface area (Å²) in [5, 5.41) is 14.5. The number of nitrogens with zero attached hydrogens (tertiary/aromatic N) is 1. The second kappa shape index (κ2) is 8.12. The SMILES string of the molecule is CC(OC(=O)C1(c2ccc(Cl)cc2)CCCC1)C(=O)Nc1sccc1C#N. The summed E-state index contributed by atoms with van der Waals surface area (Å²) in [5.74, 6) is -0.844. The van der Waals surface area contributed by atoms with Crippen molar-refractivity contribution in [3.63, 3.8) is 0 Å². The maximum atomic E-state index is 13.0. The lowest BCUT2D eigenvalue weighted by Gasteiger charge is -2.28. The number of amides is 1. The minimum atomic E-state index is -0.962. The first kappa shape index (κ1) is 19.4. The number of esters is 1. The standard InChI is InChI=1S/C20H19ClN2O3S/c1-13(17(24)23-18-14(12-22)8-11-27-18)26-19(25)20(9-2-3-10-20)15-4-6-16(21)7-5-15/h4-8,11,13H,2-3,9-10H2,1H3,(H,23,24). The predicted molar refractivity (Wildman–Crippen MR) is 105 cm³/mol. The van der Waals surface area contributed by atoms with Gasteiger partial charge in [-0.05, 0) is 48.9 Å². The zero-order valence-corrected chi connectivity index (χ0v) is 16.4. The Morgan fingerprint density at radius 2 is 1.93 bits per heavy atom. The number of benzene rings is 1. The molecule has 1 aromatic carbocycles. The van der Waals surface area contributed by atoms with Gasteiger partial charge in [-0.25, -0.2) is 0 Å². The van der Waals surface area contributed by atoms with Crippen LogP contribution in [0.15, 0.2) is 35.7 Å². The number of nitriles is 1. The van der Waals surface area contributed by atoms with Gasteiger partial charge < -0.3 is 10.1 Å². The van der Waals surface area contributed by atoms with Crippen LogP contribution in [0.5, 0.6) is 0 Å². The second-order valence-electron chi connectivity index (χ2n) is 6.61. The van der Waals surface area contributed by atoms with Crippen molar-refractivity contribution >= 4 is 39.8 Å². The fraction of sp³-hybridized carbons (Fsp3) is 0.350. The maximum Gasteiger partial charge on any atom is 0.317 e. The molecule has 0 radical (unpaired) electrons. The first-order valence-corrected chi connectivity index (χ1v) is 9.97. The average molecular weight is 403 g/mol. The fourth-order valence-corrected chi connectivity index (χ4v) is 4.26. The zero-order valence-electron chi connectivity index (χ0n) is 14.8. The van der Waals surface area contributed by atoms with E-state index in [9.17, 15) is 9.59 Å². The van der Waals surface area contributed by atoms with Crippen LogP contribution in [-0.4, -0.2) is 18.0 Å². The minimum absolute atomic E-state index is 0.389. The Morgan fingerprint density at radius 1 is 1.26 bits per heavy atom. The molecule has 1 atom stereocenters. The molecule has 0 aliphatic heterocycles. The van der Waals surface area contributed by atoms with Gasteiger partial charge in [0.15, 0.2) is 6.10 Å². The number of nitrogens with one attached hydrogen (secondary N) is 1. The van der Waals surface area contributed by atoms with E-state index in [-0.39, 0.29) is 0 Å². The van der Waals surface area contributed by atoms with Gasteiger partial charge in [-0.2, -0.15) is 5.26 Å². The van der Waals surface area contributed by atoms with E-state index >= 15 is 0 Å². The largest absolute Gasteiger partial charge is 0.452 e. The Balaban J connectivity index is 1.73. The molecular formula is C20H19ClN2O3S. The molecule has 1 aliphatic rings. The molecule has 0 bridgehead atoms. The highest BCUT2D eigenvalue weighted by molar-refractivity contribution is 7.14.